The summed E-state index contributed by atoms with van der Waals surface area (Å²) in [5.41, 5.74) is 2.66. The van der Waals surface area contributed by atoms with Crippen molar-refractivity contribution in [1.29, 1.82) is 0 Å². The maximum atomic E-state index is 12.2. The van der Waals surface area contributed by atoms with Gasteiger partial charge in [-0.3, -0.25) is 4.57 Å². The van der Waals surface area contributed by atoms with Gasteiger partial charge < -0.3 is 14.2 Å². The van der Waals surface area contributed by atoms with Gasteiger partial charge in [0.25, 0.3) is 0 Å². The van der Waals surface area contributed by atoms with Crippen molar-refractivity contribution in [1.82, 2.24) is 0 Å². The second kappa shape index (κ2) is 7.59. The fraction of sp³-hybridized carbons (Fsp3) is 0.684. The second-order valence-electron chi connectivity index (χ2n) is 8.17. The lowest BCUT2D eigenvalue weighted by Crippen LogP contribution is -2.20. The fourth-order valence-electron chi connectivity index (χ4n) is 2.67. The monoisotopic (exact) mass is 356 g/mol. The van der Waals surface area contributed by atoms with Gasteiger partial charge in [-0.15, -0.1) is 0 Å². The van der Waals surface area contributed by atoms with Gasteiger partial charge in [-0.25, -0.2) is 0 Å². The maximum Gasteiger partial charge on any atom is 0.332 e. The first-order chi connectivity index (χ1) is 10.8. The average molecular weight is 356 g/mol. The smallest absolute Gasteiger partial charge is 0.332 e. The van der Waals surface area contributed by atoms with E-state index in [1.807, 2.05) is 19.1 Å². The molecule has 0 saturated heterocycles. The Hall–Kier alpha value is -0.830. The van der Waals surface area contributed by atoms with Crippen LogP contribution in [-0.4, -0.2) is 18.1 Å². The van der Waals surface area contributed by atoms with Gasteiger partial charge >= 0.3 is 7.60 Å². The summed E-state index contributed by atoms with van der Waals surface area (Å²) in [6, 6.07) is 3.98. The highest BCUT2D eigenvalue weighted by Gasteiger charge is 2.29. The second-order valence-corrected chi connectivity index (χ2v) is 10.0. The Morgan fingerprint density at radius 3 is 1.75 bits per heavy atom. The molecule has 0 bridgehead atoms. The van der Waals surface area contributed by atoms with Crippen molar-refractivity contribution in [3.8, 4) is 5.75 Å². The van der Waals surface area contributed by atoms with Crippen LogP contribution in [0.2, 0.25) is 0 Å². The van der Waals surface area contributed by atoms with E-state index in [9.17, 15) is 9.46 Å². The van der Waals surface area contributed by atoms with E-state index >= 15 is 0 Å². The molecular weight excluding hydrogens is 323 g/mol. The van der Waals surface area contributed by atoms with Crippen molar-refractivity contribution >= 4 is 7.60 Å². The van der Waals surface area contributed by atoms with Crippen LogP contribution in [0.25, 0.3) is 0 Å². The molecule has 4 nitrogen and oxygen atoms in total. The number of benzene rings is 1. The third-order valence-corrected chi connectivity index (χ3v) is 5.19. The molecule has 0 aromatic heterocycles. The van der Waals surface area contributed by atoms with Gasteiger partial charge in [-0.05, 0) is 30.2 Å². The van der Waals surface area contributed by atoms with Gasteiger partial charge in [0, 0.05) is 11.1 Å². The number of hydrogen-bond donors (Lipinski definition) is 1. The van der Waals surface area contributed by atoms with Crippen LogP contribution in [0, 0.1) is 0 Å². The van der Waals surface area contributed by atoms with Crippen LogP contribution in [-0.2, 0) is 26.1 Å². The van der Waals surface area contributed by atoms with Gasteiger partial charge in [-0.1, -0.05) is 53.7 Å². The number of rotatable bonds is 6. The SMILES string of the molecule is CCOc1c(C(C)(C)C)cc(CP(=O)(O)OCC)cc1C(C)(C)C. The highest BCUT2D eigenvalue weighted by Crippen LogP contribution is 2.48. The molecule has 0 amide bonds. The van der Waals surface area contributed by atoms with E-state index in [1.54, 1.807) is 6.92 Å². The summed E-state index contributed by atoms with van der Waals surface area (Å²) in [5.74, 6) is 0.894. The lowest BCUT2D eigenvalue weighted by atomic mass is 9.78. The largest absolute Gasteiger partial charge is 0.493 e. The first kappa shape index (κ1) is 21.2. The molecule has 0 fully saturated rings. The molecule has 1 aromatic carbocycles. The zero-order valence-corrected chi connectivity index (χ0v) is 17.3. The molecule has 1 N–H and O–H groups in total. The molecule has 24 heavy (non-hydrogen) atoms. The van der Waals surface area contributed by atoms with Crippen LogP contribution < -0.4 is 4.74 Å². The van der Waals surface area contributed by atoms with Crippen LogP contribution in [0.3, 0.4) is 0 Å². The lowest BCUT2D eigenvalue weighted by Gasteiger charge is -2.30. The molecule has 1 rings (SSSR count). The van der Waals surface area contributed by atoms with Crippen LogP contribution in [0.4, 0.5) is 0 Å². The van der Waals surface area contributed by atoms with Crippen molar-refractivity contribution < 1.29 is 18.7 Å². The topological polar surface area (TPSA) is 55.8 Å². The summed E-state index contributed by atoms with van der Waals surface area (Å²) >= 11 is 0. The van der Waals surface area contributed by atoms with Crippen molar-refractivity contribution in [2.45, 2.75) is 72.4 Å². The van der Waals surface area contributed by atoms with Crippen LogP contribution in [0.15, 0.2) is 12.1 Å². The first-order valence-corrected chi connectivity index (χ1v) is 10.3. The molecule has 5 heteroatoms. The summed E-state index contributed by atoms with van der Waals surface area (Å²) in [4.78, 5) is 10.0. The van der Waals surface area contributed by atoms with E-state index < -0.39 is 7.60 Å². The normalized spacial score (nSPS) is 15.2. The summed E-state index contributed by atoms with van der Waals surface area (Å²) in [5, 5.41) is 0. The van der Waals surface area contributed by atoms with Gasteiger partial charge in [0.1, 0.15) is 5.75 Å². The molecule has 0 heterocycles. The molecular formula is C19H33O4P. The standard InChI is InChI=1S/C19H33O4P/c1-9-22-17-15(18(3,4)5)11-14(12-16(17)19(6,7)8)13-24(20,21)23-10-2/h11-12H,9-10,13H2,1-8H3,(H,20,21). The molecule has 1 atom stereocenters. The molecule has 0 aliphatic carbocycles. The van der Waals surface area contributed by atoms with Crippen molar-refractivity contribution in [2.75, 3.05) is 13.2 Å². The Morgan fingerprint density at radius 1 is 0.958 bits per heavy atom. The summed E-state index contributed by atoms with van der Waals surface area (Å²) in [6.07, 6.45) is 0.0133. The Labute approximate surface area is 147 Å². The quantitative estimate of drug-likeness (QED) is 0.693. The molecule has 0 radical (unpaired) electrons. The lowest BCUT2D eigenvalue weighted by molar-refractivity contribution is 0.272. The minimum atomic E-state index is -3.63. The summed E-state index contributed by atoms with van der Waals surface area (Å²) in [6.45, 7) is 17.3. The van der Waals surface area contributed by atoms with Gasteiger partial charge in [-0.2, -0.15) is 0 Å². The van der Waals surface area contributed by atoms with Crippen LogP contribution >= 0.6 is 7.60 Å². The third-order valence-electron chi connectivity index (χ3n) is 3.77. The number of ether oxygens (including phenoxy) is 1. The zero-order chi connectivity index (χ0) is 18.8. The van der Waals surface area contributed by atoms with E-state index in [1.165, 1.54) is 0 Å². The van der Waals surface area contributed by atoms with Crippen molar-refractivity contribution in [3.63, 3.8) is 0 Å². The van der Waals surface area contributed by atoms with Crippen LogP contribution in [0.5, 0.6) is 5.75 Å². The van der Waals surface area contributed by atoms with Gasteiger partial charge in [0.15, 0.2) is 0 Å². The fourth-order valence-corrected chi connectivity index (χ4v) is 3.81. The highest BCUT2D eigenvalue weighted by molar-refractivity contribution is 7.51. The van der Waals surface area contributed by atoms with Crippen molar-refractivity contribution in [3.05, 3.63) is 28.8 Å². The zero-order valence-electron chi connectivity index (χ0n) is 16.4. The minimum absolute atomic E-state index is 0.0133. The Kier molecular flexibility index (Phi) is 6.71. The highest BCUT2D eigenvalue weighted by atomic mass is 31.2. The predicted molar refractivity (Wildman–Crippen MR) is 100 cm³/mol. The van der Waals surface area contributed by atoms with E-state index in [-0.39, 0.29) is 23.6 Å². The minimum Gasteiger partial charge on any atom is -0.493 e. The number of hydrogen-bond acceptors (Lipinski definition) is 3. The van der Waals surface area contributed by atoms with Crippen molar-refractivity contribution in [2.24, 2.45) is 0 Å². The summed E-state index contributed by atoms with van der Waals surface area (Å²) in [7, 11) is -3.63. The van der Waals surface area contributed by atoms with E-state index in [0.29, 0.717) is 6.61 Å². The van der Waals surface area contributed by atoms with Crippen LogP contribution in [0.1, 0.15) is 72.1 Å². The maximum absolute atomic E-state index is 12.2. The van der Waals surface area contributed by atoms with E-state index in [4.69, 9.17) is 9.26 Å². The Morgan fingerprint density at radius 2 is 1.42 bits per heavy atom. The molecule has 0 spiro atoms. The van der Waals surface area contributed by atoms with Gasteiger partial charge in [0.05, 0.1) is 19.4 Å². The summed E-state index contributed by atoms with van der Waals surface area (Å²) < 4.78 is 23.3. The Bertz CT molecular complexity index is 574. The molecule has 0 aliphatic heterocycles. The molecule has 138 valence electrons. The third kappa shape index (κ3) is 5.61. The predicted octanol–water partition coefficient (Wildman–Crippen LogP) is 5.40. The van der Waals surface area contributed by atoms with E-state index in [0.717, 1.165) is 22.4 Å². The molecule has 0 aliphatic rings. The van der Waals surface area contributed by atoms with Gasteiger partial charge in [0.2, 0.25) is 0 Å². The molecule has 0 saturated carbocycles. The van der Waals surface area contributed by atoms with E-state index in [2.05, 4.69) is 41.5 Å². The average Bonchev–Trinajstić information content (AvgIpc) is 2.37. The first-order valence-electron chi connectivity index (χ1n) is 8.59. The molecule has 1 unspecified atom stereocenters. The molecule has 1 aromatic rings. The Balaban J connectivity index is 3.57.